The molecule has 0 fully saturated rings. The Kier molecular flexibility index (Phi) is 5.69. The topological polar surface area (TPSA) is 64.4 Å². The maximum absolute atomic E-state index is 12.6. The molecule has 1 atom stereocenters. The van der Waals surface area contributed by atoms with E-state index in [9.17, 15) is 4.79 Å². The lowest BCUT2D eigenvalue weighted by Gasteiger charge is -2.13. The van der Waals surface area contributed by atoms with E-state index in [1.54, 1.807) is 7.11 Å². The minimum atomic E-state index is -0.239. The van der Waals surface area contributed by atoms with Gasteiger partial charge in [0.25, 0.3) is 5.91 Å². The molecule has 1 aromatic heterocycles. The van der Waals surface area contributed by atoms with Gasteiger partial charge in [0.1, 0.15) is 5.75 Å². The monoisotopic (exact) mass is 350 g/mol. The van der Waals surface area contributed by atoms with E-state index in [0.29, 0.717) is 11.5 Å². The molecule has 0 bridgehead atoms. The Labute approximate surface area is 153 Å². The molecule has 0 saturated heterocycles. The van der Waals surface area contributed by atoms with Gasteiger partial charge in [-0.15, -0.1) is 0 Å². The maximum Gasteiger partial charge on any atom is 0.274 e. The van der Waals surface area contributed by atoms with Crippen LogP contribution in [0.25, 0.3) is 11.3 Å². The van der Waals surface area contributed by atoms with E-state index >= 15 is 0 Å². The normalized spacial score (nSPS) is 11.8. The summed E-state index contributed by atoms with van der Waals surface area (Å²) in [5.41, 5.74) is 2.29. The van der Waals surface area contributed by atoms with Crippen molar-refractivity contribution in [2.24, 2.45) is 0 Å². The molecule has 0 radical (unpaired) electrons. The number of methoxy groups -OCH3 is 1. The molecule has 1 unspecified atom stereocenters. The minimum absolute atomic E-state index is 0.0255. The van der Waals surface area contributed by atoms with Crippen molar-refractivity contribution >= 4 is 5.91 Å². The van der Waals surface area contributed by atoms with Gasteiger partial charge in [0.15, 0.2) is 17.8 Å². The average Bonchev–Trinajstić information content (AvgIpc) is 3.17. The van der Waals surface area contributed by atoms with E-state index in [-0.39, 0.29) is 17.6 Å². The Morgan fingerprint density at radius 3 is 2.77 bits per heavy atom. The largest absolute Gasteiger partial charge is 0.497 e. The van der Waals surface area contributed by atoms with Crippen LogP contribution in [0.2, 0.25) is 0 Å². The number of amides is 1. The average molecular weight is 350 g/mol. The molecule has 0 saturated carbocycles. The lowest BCUT2D eigenvalue weighted by Crippen LogP contribution is -2.33. The minimum Gasteiger partial charge on any atom is -0.497 e. The number of carbonyl (C=O) groups excluding carboxylic acids is 1. The number of oxazole rings is 1. The summed E-state index contributed by atoms with van der Waals surface area (Å²) in [5.74, 6) is 0.898. The summed E-state index contributed by atoms with van der Waals surface area (Å²) in [4.78, 5) is 16.7. The standard InChI is InChI=1S/C21H22N2O3/c1-15(11-12-16-7-4-3-5-8-16)23-21(24)19-20(26-14-22-19)17-9-6-10-18(13-17)25-2/h3-10,13-15H,11-12H2,1-2H3,(H,23,24). The number of aryl methyl sites for hydroxylation is 1. The fourth-order valence-corrected chi connectivity index (χ4v) is 2.77. The van der Waals surface area contributed by atoms with Crippen molar-refractivity contribution in [3.63, 3.8) is 0 Å². The highest BCUT2D eigenvalue weighted by molar-refractivity contribution is 5.97. The lowest BCUT2D eigenvalue weighted by atomic mass is 10.1. The Morgan fingerprint density at radius 2 is 2.00 bits per heavy atom. The first-order valence-corrected chi connectivity index (χ1v) is 8.60. The highest BCUT2D eigenvalue weighted by atomic mass is 16.5. The van der Waals surface area contributed by atoms with Crippen LogP contribution in [0.1, 0.15) is 29.4 Å². The summed E-state index contributed by atoms with van der Waals surface area (Å²) in [6.45, 7) is 1.99. The van der Waals surface area contributed by atoms with Crippen LogP contribution in [-0.4, -0.2) is 24.0 Å². The smallest absolute Gasteiger partial charge is 0.274 e. The van der Waals surface area contributed by atoms with E-state index in [1.807, 2.05) is 49.4 Å². The summed E-state index contributed by atoms with van der Waals surface area (Å²) in [7, 11) is 1.60. The van der Waals surface area contributed by atoms with E-state index in [4.69, 9.17) is 9.15 Å². The third-order valence-corrected chi connectivity index (χ3v) is 4.20. The van der Waals surface area contributed by atoms with Crippen LogP contribution in [0.5, 0.6) is 5.75 Å². The number of rotatable bonds is 7. The SMILES string of the molecule is COc1cccc(-c2ocnc2C(=O)NC(C)CCc2ccccc2)c1. The first-order valence-electron chi connectivity index (χ1n) is 8.60. The predicted molar refractivity (Wildman–Crippen MR) is 100 cm³/mol. The van der Waals surface area contributed by atoms with Gasteiger partial charge in [0, 0.05) is 11.6 Å². The molecule has 5 heteroatoms. The van der Waals surface area contributed by atoms with Crippen LogP contribution in [-0.2, 0) is 6.42 Å². The maximum atomic E-state index is 12.6. The highest BCUT2D eigenvalue weighted by Gasteiger charge is 2.20. The second kappa shape index (κ2) is 8.34. The van der Waals surface area contributed by atoms with Gasteiger partial charge in [0.2, 0.25) is 0 Å². The first-order chi connectivity index (χ1) is 12.7. The Bertz CT molecular complexity index is 858. The molecule has 1 N–H and O–H groups in total. The Balaban J connectivity index is 1.66. The molecule has 0 aliphatic carbocycles. The van der Waals surface area contributed by atoms with Crippen LogP contribution in [0.15, 0.2) is 65.4 Å². The van der Waals surface area contributed by atoms with Gasteiger partial charge in [0.05, 0.1) is 7.11 Å². The molecule has 1 heterocycles. The molecule has 0 aliphatic rings. The number of hydrogen-bond acceptors (Lipinski definition) is 4. The summed E-state index contributed by atoms with van der Waals surface area (Å²) in [6.07, 6.45) is 3.05. The van der Waals surface area contributed by atoms with Gasteiger partial charge in [-0.25, -0.2) is 4.98 Å². The van der Waals surface area contributed by atoms with Gasteiger partial charge in [-0.3, -0.25) is 4.79 Å². The quantitative estimate of drug-likeness (QED) is 0.697. The molecule has 0 aliphatic heterocycles. The second-order valence-corrected chi connectivity index (χ2v) is 6.16. The van der Waals surface area contributed by atoms with E-state index < -0.39 is 0 Å². The fourth-order valence-electron chi connectivity index (χ4n) is 2.77. The number of hydrogen-bond donors (Lipinski definition) is 1. The molecule has 134 valence electrons. The van der Waals surface area contributed by atoms with Gasteiger partial charge < -0.3 is 14.5 Å². The number of carbonyl (C=O) groups is 1. The van der Waals surface area contributed by atoms with Crippen molar-refractivity contribution in [3.05, 3.63) is 72.2 Å². The van der Waals surface area contributed by atoms with Gasteiger partial charge in [-0.05, 0) is 37.5 Å². The van der Waals surface area contributed by atoms with Crippen LogP contribution < -0.4 is 10.1 Å². The molecular formula is C21H22N2O3. The third kappa shape index (κ3) is 4.30. The molecule has 3 rings (SSSR count). The van der Waals surface area contributed by atoms with Crippen LogP contribution in [0, 0.1) is 0 Å². The van der Waals surface area contributed by atoms with Crippen LogP contribution in [0.4, 0.5) is 0 Å². The number of nitrogens with one attached hydrogen (secondary N) is 1. The Hall–Kier alpha value is -3.08. The summed E-state index contributed by atoms with van der Waals surface area (Å²) in [5, 5.41) is 3.00. The van der Waals surface area contributed by atoms with Crippen molar-refractivity contribution in [2.45, 2.75) is 25.8 Å². The van der Waals surface area contributed by atoms with Crippen molar-refractivity contribution in [1.29, 1.82) is 0 Å². The summed E-state index contributed by atoms with van der Waals surface area (Å²) >= 11 is 0. The van der Waals surface area contributed by atoms with Gasteiger partial charge in [-0.2, -0.15) is 0 Å². The first kappa shape index (κ1) is 17.7. The molecule has 2 aromatic carbocycles. The van der Waals surface area contributed by atoms with Crippen LogP contribution in [0.3, 0.4) is 0 Å². The molecule has 3 aromatic rings. The van der Waals surface area contributed by atoms with E-state index in [2.05, 4.69) is 22.4 Å². The second-order valence-electron chi connectivity index (χ2n) is 6.16. The molecule has 0 spiro atoms. The molecular weight excluding hydrogens is 328 g/mol. The number of ether oxygens (including phenoxy) is 1. The number of nitrogens with zero attached hydrogens (tertiary/aromatic N) is 1. The zero-order chi connectivity index (χ0) is 18.4. The molecule has 26 heavy (non-hydrogen) atoms. The summed E-state index contributed by atoms with van der Waals surface area (Å²) in [6, 6.07) is 17.6. The predicted octanol–water partition coefficient (Wildman–Crippen LogP) is 4.10. The number of benzene rings is 2. The van der Waals surface area contributed by atoms with E-state index in [0.717, 1.165) is 18.4 Å². The van der Waals surface area contributed by atoms with Gasteiger partial charge >= 0.3 is 0 Å². The van der Waals surface area contributed by atoms with Crippen LogP contribution >= 0.6 is 0 Å². The van der Waals surface area contributed by atoms with Crippen molar-refractivity contribution in [1.82, 2.24) is 10.3 Å². The van der Waals surface area contributed by atoms with Crippen molar-refractivity contribution in [3.8, 4) is 17.1 Å². The van der Waals surface area contributed by atoms with Gasteiger partial charge in [-0.1, -0.05) is 42.5 Å². The fraction of sp³-hybridized carbons (Fsp3) is 0.238. The Morgan fingerprint density at radius 1 is 1.19 bits per heavy atom. The lowest BCUT2D eigenvalue weighted by molar-refractivity contribution is 0.0934. The zero-order valence-electron chi connectivity index (χ0n) is 14.9. The highest BCUT2D eigenvalue weighted by Crippen LogP contribution is 2.26. The zero-order valence-corrected chi connectivity index (χ0v) is 14.9. The van der Waals surface area contributed by atoms with E-state index in [1.165, 1.54) is 12.0 Å². The van der Waals surface area contributed by atoms with Crippen molar-refractivity contribution < 1.29 is 13.9 Å². The van der Waals surface area contributed by atoms with Crippen molar-refractivity contribution in [2.75, 3.05) is 7.11 Å². The molecule has 1 amide bonds. The summed E-state index contributed by atoms with van der Waals surface area (Å²) < 4.78 is 10.7. The molecule has 5 nitrogen and oxygen atoms in total. The number of aromatic nitrogens is 1. The third-order valence-electron chi connectivity index (χ3n) is 4.20.